The molecule has 1 aliphatic rings. The molecule has 2 heterocycles. The molecule has 0 spiro atoms. The number of fused-ring (bicyclic) bond motifs is 1. The number of amides is 1. The van der Waals surface area contributed by atoms with Crippen LogP contribution in [0.3, 0.4) is 0 Å². The number of benzene rings is 2. The zero-order valence-electron chi connectivity index (χ0n) is 17.8. The molecule has 2 atom stereocenters. The number of hydrogen-bond donors (Lipinski definition) is 1. The summed E-state index contributed by atoms with van der Waals surface area (Å²) in [7, 11) is 0. The molecule has 8 heteroatoms. The number of halogens is 1. The number of rotatable bonds is 4. The normalized spacial score (nSPS) is 18.9. The second-order valence-electron chi connectivity index (χ2n) is 7.80. The van der Waals surface area contributed by atoms with Crippen LogP contribution in [-0.4, -0.2) is 41.0 Å². The Kier molecular flexibility index (Phi) is 5.73. The average Bonchev–Trinajstić information content (AvgIpc) is 2.73. The minimum Gasteiger partial charge on any atom is -0.372 e. The van der Waals surface area contributed by atoms with Crippen LogP contribution in [0.2, 0.25) is 0 Å². The van der Waals surface area contributed by atoms with Crippen molar-refractivity contribution in [2.75, 3.05) is 23.3 Å². The molecule has 0 saturated carbocycles. The monoisotopic (exact) mass is 424 g/mol. The van der Waals surface area contributed by atoms with Crippen molar-refractivity contribution in [1.29, 1.82) is 0 Å². The van der Waals surface area contributed by atoms with Crippen molar-refractivity contribution in [2.45, 2.75) is 39.5 Å². The van der Waals surface area contributed by atoms with Crippen LogP contribution in [0, 0.1) is 5.82 Å². The molecule has 0 radical (unpaired) electrons. The van der Waals surface area contributed by atoms with Gasteiger partial charge in [0.25, 0.3) is 11.5 Å². The summed E-state index contributed by atoms with van der Waals surface area (Å²) in [5.41, 5.74) is 0.667. The first-order chi connectivity index (χ1) is 14.9. The predicted molar refractivity (Wildman–Crippen MR) is 118 cm³/mol. The van der Waals surface area contributed by atoms with Gasteiger partial charge in [-0.1, -0.05) is 18.2 Å². The van der Waals surface area contributed by atoms with Gasteiger partial charge in [-0.25, -0.2) is 9.07 Å². The summed E-state index contributed by atoms with van der Waals surface area (Å²) in [5, 5.41) is 7.81. The molecule has 7 nitrogen and oxygen atoms in total. The van der Waals surface area contributed by atoms with Crippen LogP contribution in [0.1, 0.15) is 31.3 Å². The fourth-order valence-corrected chi connectivity index (χ4v) is 4.02. The molecular formula is C23H25FN4O3. The van der Waals surface area contributed by atoms with Gasteiger partial charge in [0.05, 0.1) is 23.3 Å². The number of ether oxygens (including phenoxy) is 1. The molecule has 3 aromatic rings. The predicted octanol–water partition coefficient (Wildman–Crippen LogP) is 3.42. The maximum atomic E-state index is 14.9. The van der Waals surface area contributed by atoms with Crippen LogP contribution in [0.15, 0.2) is 47.3 Å². The zero-order chi connectivity index (χ0) is 22.1. The zero-order valence-corrected chi connectivity index (χ0v) is 17.8. The van der Waals surface area contributed by atoms with Crippen molar-refractivity contribution < 1.29 is 13.9 Å². The molecule has 1 N–H and O–H groups in total. The molecule has 1 aromatic heterocycles. The van der Waals surface area contributed by atoms with Crippen LogP contribution >= 0.6 is 0 Å². The van der Waals surface area contributed by atoms with E-state index in [9.17, 15) is 14.0 Å². The highest BCUT2D eigenvalue weighted by Crippen LogP contribution is 2.26. The van der Waals surface area contributed by atoms with Crippen LogP contribution < -0.4 is 15.8 Å². The van der Waals surface area contributed by atoms with Crippen LogP contribution in [0.25, 0.3) is 10.8 Å². The third kappa shape index (κ3) is 4.16. The Balaban J connectivity index is 1.62. The first-order valence-corrected chi connectivity index (χ1v) is 10.4. The summed E-state index contributed by atoms with van der Waals surface area (Å²) in [6.45, 7) is 7.24. The largest absolute Gasteiger partial charge is 0.372 e. The van der Waals surface area contributed by atoms with E-state index in [1.807, 2.05) is 18.7 Å². The van der Waals surface area contributed by atoms with E-state index in [1.165, 1.54) is 10.7 Å². The Morgan fingerprint density at radius 3 is 2.48 bits per heavy atom. The third-order valence-corrected chi connectivity index (χ3v) is 5.35. The summed E-state index contributed by atoms with van der Waals surface area (Å²) in [5.74, 6) is -0.922. The number of aromatic nitrogens is 2. The maximum Gasteiger partial charge on any atom is 0.276 e. The van der Waals surface area contributed by atoms with E-state index in [-0.39, 0.29) is 23.5 Å². The quantitative estimate of drug-likeness (QED) is 0.695. The van der Waals surface area contributed by atoms with Gasteiger partial charge in [0, 0.05) is 30.7 Å². The number of hydrogen-bond acceptors (Lipinski definition) is 5. The molecule has 0 aliphatic carbocycles. The molecule has 31 heavy (non-hydrogen) atoms. The highest BCUT2D eigenvalue weighted by atomic mass is 19.1. The van der Waals surface area contributed by atoms with Gasteiger partial charge in [0.2, 0.25) is 0 Å². The van der Waals surface area contributed by atoms with Gasteiger partial charge < -0.3 is 15.0 Å². The minimum atomic E-state index is -0.501. The second-order valence-corrected chi connectivity index (χ2v) is 7.80. The molecule has 1 aliphatic heterocycles. The van der Waals surface area contributed by atoms with Crippen molar-refractivity contribution in [3.63, 3.8) is 0 Å². The van der Waals surface area contributed by atoms with E-state index in [0.717, 1.165) is 0 Å². The number of morpholine rings is 1. The van der Waals surface area contributed by atoms with E-state index in [0.29, 0.717) is 41.8 Å². The fourth-order valence-electron chi connectivity index (χ4n) is 4.02. The van der Waals surface area contributed by atoms with Gasteiger partial charge >= 0.3 is 0 Å². The molecular weight excluding hydrogens is 399 g/mol. The van der Waals surface area contributed by atoms with Crippen molar-refractivity contribution in [3.8, 4) is 0 Å². The smallest absolute Gasteiger partial charge is 0.276 e. The van der Waals surface area contributed by atoms with E-state index < -0.39 is 11.7 Å². The lowest BCUT2D eigenvalue weighted by molar-refractivity contribution is -0.00539. The van der Waals surface area contributed by atoms with Crippen LogP contribution in [-0.2, 0) is 11.3 Å². The van der Waals surface area contributed by atoms with Crippen LogP contribution in [0.4, 0.5) is 15.8 Å². The topological polar surface area (TPSA) is 76.5 Å². The molecule has 1 amide bonds. The molecule has 2 aromatic carbocycles. The number of nitrogens with one attached hydrogen (secondary N) is 1. The number of aryl methyl sites for hydroxylation is 1. The van der Waals surface area contributed by atoms with E-state index in [4.69, 9.17) is 4.74 Å². The number of nitrogens with zero attached hydrogens (tertiary/aromatic N) is 3. The summed E-state index contributed by atoms with van der Waals surface area (Å²) in [6, 6.07) is 11.5. The van der Waals surface area contributed by atoms with Crippen LogP contribution in [0.5, 0.6) is 0 Å². The SMILES string of the molecule is CCn1nc(C(=O)Nc2ccc(N3CC(C)OC(C)C3)c(F)c2)c2ccccc2c1=O. The summed E-state index contributed by atoms with van der Waals surface area (Å²) in [6.07, 6.45) is 0.0206. The second kappa shape index (κ2) is 8.47. The standard InChI is InChI=1S/C23H25FN4O3/c1-4-28-23(30)18-8-6-5-7-17(18)21(26-28)22(29)25-16-9-10-20(19(24)11-16)27-12-14(2)31-15(3)13-27/h5-11,14-15H,4,12-13H2,1-3H3,(H,25,29). The Bertz CT molecular complexity index is 1180. The van der Waals surface area contributed by atoms with E-state index in [1.54, 1.807) is 43.3 Å². The van der Waals surface area contributed by atoms with Gasteiger partial charge in [0.15, 0.2) is 5.69 Å². The Hall–Kier alpha value is -3.26. The third-order valence-electron chi connectivity index (χ3n) is 5.35. The van der Waals surface area contributed by atoms with Crippen molar-refractivity contribution in [2.24, 2.45) is 0 Å². The molecule has 2 unspecified atom stereocenters. The molecule has 1 fully saturated rings. The fraction of sp³-hybridized carbons (Fsp3) is 0.348. The number of carbonyl (C=O) groups is 1. The Morgan fingerprint density at radius 2 is 1.84 bits per heavy atom. The number of anilines is 2. The lowest BCUT2D eigenvalue weighted by Crippen LogP contribution is -2.45. The Morgan fingerprint density at radius 1 is 1.16 bits per heavy atom. The Labute approximate surface area is 179 Å². The van der Waals surface area contributed by atoms with Gasteiger partial charge in [-0.2, -0.15) is 5.10 Å². The maximum absolute atomic E-state index is 14.9. The summed E-state index contributed by atoms with van der Waals surface area (Å²) < 4.78 is 21.8. The van der Waals surface area contributed by atoms with Gasteiger partial charge in [-0.3, -0.25) is 9.59 Å². The van der Waals surface area contributed by atoms with Crippen molar-refractivity contribution in [1.82, 2.24) is 9.78 Å². The molecule has 162 valence electrons. The molecule has 0 bridgehead atoms. The van der Waals surface area contributed by atoms with Crippen molar-refractivity contribution >= 4 is 28.1 Å². The first-order valence-electron chi connectivity index (χ1n) is 10.4. The van der Waals surface area contributed by atoms with Gasteiger partial charge in [0.1, 0.15) is 5.82 Å². The van der Waals surface area contributed by atoms with Crippen molar-refractivity contribution in [3.05, 3.63) is 64.3 Å². The lowest BCUT2D eigenvalue weighted by Gasteiger charge is -2.37. The number of carbonyl (C=O) groups excluding carboxylic acids is 1. The summed E-state index contributed by atoms with van der Waals surface area (Å²) >= 11 is 0. The van der Waals surface area contributed by atoms with Gasteiger partial charge in [-0.05, 0) is 45.0 Å². The average molecular weight is 424 g/mol. The van der Waals surface area contributed by atoms with Gasteiger partial charge in [-0.15, -0.1) is 0 Å². The van der Waals surface area contributed by atoms with E-state index >= 15 is 0 Å². The highest BCUT2D eigenvalue weighted by molar-refractivity contribution is 6.11. The van der Waals surface area contributed by atoms with E-state index in [2.05, 4.69) is 10.4 Å². The lowest BCUT2D eigenvalue weighted by atomic mass is 10.1. The minimum absolute atomic E-state index is 0.0103. The summed E-state index contributed by atoms with van der Waals surface area (Å²) in [4.78, 5) is 27.4. The highest BCUT2D eigenvalue weighted by Gasteiger charge is 2.24. The molecule has 1 saturated heterocycles. The first kappa shape index (κ1) is 21.0. The molecule has 4 rings (SSSR count).